The number of ether oxygens (including phenoxy) is 1. The third kappa shape index (κ3) is 3.40. The highest BCUT2D eigenvalue weighted by atomic mass is 79.9. The molecule has 1 unspecified atom stereocenters. The van der Waals surface area contributed by atoms with Gasteiger partial charge >= 0.3 is 5.97 Å². The number of pyridine rings is 1. The predicted molar refractivity (Wildman–Crippen MR) is 116 cm³/mol. The Balaban J connectivity index is 1.98. The molecule has 0 radical (unpaired) electrons. The molecule has 0 saturated heterocycles. The molecule has 0 bridgehead atoms. The van der Waals surface area contributed by atoms with E-state index in [1.165, 1.54) is 23.6 Å². The molecule has 1 N–H and O–H groups in total. The van der Waals surface area contributed by atoms with Crippen LogP contribution >= 0.6 is 27.3 Å². The van der Waals surface area contributed by atoms with E-state index in [2.05, 4.69) is 40.8 Å². The molecule has 1 aliphatic heterocycles. The summed E-state index contributed by atoms with van der Waals surface area (Å²) >= 11 is 4.92. The van der Waals surface area contributed by atoms with Gasteiger partial charge in [-0.15, -0.1) is 11.3 Å². The average Bonchev–Trinajstić information content (AvgIpc) is 3.11. The Labute approximate surface area is 179 Å². The van der Waals surface area contributed by atoms with Crippen molar-refractivity contribution in [2.24, 2.45) is 5.92 Å². The van der Waals surface area contributed by atoms with E-state index in [9.17, 15) is 14.7 Å². The van der Waals surface area contributed by atoms with Gasteiger partial charge in [0, 0.05) is 29.2 Å². The van der Waals surface area contributed by atoms with E-state index in [4.69, 9.17) is 4.74 Å². The van der Waals surface area contributed by atoms with Crippen LogP contribution in [0.4, 0.5) is 0 Å². The molecule has 6 nitrogen and oxygen atoms in total. The van der Waals surface area contributed by atoms with Crippen molar-refractivity contribution >= 4 is 33.2 Å². The van der Waals surface area contributed by atoms with Crippen LogP contribution in [0.1, 0.15) is 35.8 Å². The van der Waals surface area contributed by atoms with Gasteiger partial charge in [-0.05, 0) is 46.0 Å². The number of carboxylic acids is 1. The number of aromatic carboxylic acids is 1. The third-order valence-corrected chi connectivity index (χ3v) is 6.86. The summed E-state index contributed by atoms with van der Waals surface area (Å²) in [6.07, 6.45) is 2.21. The van der Waals surface area contributed by atoms with E-state index in [-0.39, 0.29) is 17.5 Å². The van der Waals surface area contributed by atoms with Crippen LogP contribution in [0.3, 0.4) is 0 Å². The molecule has 8 heteroatoms. The molecule has 0 spiro atoms. The maximum absolute atomic E-state index is 12.4. The number of methoxy groups -OCH3 is 1. The van der Waals surface area contributed by atoms with Crippen LogP contribution in [-0.2, 0) is 6.42 Å². The minimum atomic E-state index is -1.21. The first-order valence-corrected chi connectivity index (χ1v) is 10.8. The van der Waals surface area contributed by atoms with Crippen LogP contribution in [0.15, 0.2) is 39.2 Å². The Hall–Kier alpha value is -2.45. The lowest BCUT2D eigenvalue weighted by molar-refractivity contribution is 0.0694. The zero-order chi connectivity index (χ0) is 20.9. The number of halogens is 1. The fourth-order valence-electron chi connectivity index (χ4n) is 3.83. The topological polar surface area (TPSA) is 81.4 Å². The molecule has 1 atom stereocenters. The van der Waals surface area contributed by atoms with Gasteiger partial charge in [-0.3, -0.25) is 4.79 Å². The first-order chi connectivity index (χ1) is 13.8. The predicted octanol–water partition coefficient (Wildman–Crippen LogP) is 4.86. The van der Waals surface area contributed by atoms with Crippen molar-refractivity contribution < 1.29 is 14.6 Å². The lowest BCUT2D eigenvalue weighted by Crippen LogP contribution is -2.28. The monoisotopic (exact) mass is 474 g/mol. The van der Waals surface area contributed by atoms with Crippen molar-refractivity contribution in [2.75, 3.05) is 7.11 Å². The van der Waals surface area contributed by atoms with Crippen molar-refractivity contribution in [2.45, 2.75) is 26.3 Å². The van der Waals surface area contributed by atoms with Crippen LogP contribution in [0.5, 0.6) is 5.75 Å². The van der Waals surface area contributed by atoms with Crippen molar-refractivity contribution in [1.29, 1.82) is 0 Å². The number of aromatic nitrogens is 2. The Morgan fingerprint density at radius 3 is 2.69 bits per heavy atom. The summed E-state index contributed by atoms with van der Waals surface area (Å²) in [7, 11) is 1.61. The Morgan fingerprint density at radius 1 is 1.34 bits per heavy atom. The molecule has 3 heterocycles. The molecule has 3 aromatic rings. The van der Waals surface area contributed by atoms with Crippen LogP contribution < -0.4 is 10.2 Å². The molecule has 2 aromatic heterocycles. The van der Waals surface area contributed by atoms with E-state index >= 15 is 0 Å². The lowest BCUT2D eigenvalue weighted by Gasteiger charge is -2.33. The van der Waals surface area contributed by atoms with Crippen LogP contribution in [-0.4, -0.2) is 27.7 Å². The highest BCUT2D eigenvalue weighted by molar-refractivity contribution is 9.10. The van der Waals surface area contributed by atoms with Crippen molar-refractivity contribution in [3.63, 3.8) is 0 Å². The lowest BCUT2D eigenvalue weighted by atomic mass is 9.86. The zero-order valence-corrected chi connectivity index (χ0v) is 18.5. The molecule has 0 fully saturated rings. The smallest absolute Gasteiger partial charge is 0.341 e. The van der Waals surface area contributed by atoms with Gasteiger partial charge in [0.15, 0.2) is 5.43 Å². The molecule has 0 saturated carbocycles. The molecule has 1 aliphatic rings. The van der Waals surface area contributed by atoms with Crippen molar-refractivity contribution in [3.05, 3.63) is 55.7 Å². The van der Waals surface area contributed by atoms with E-state index in [1.807, 2.05) is 16.0 Å². The summed E-state index contributed by atoms with van der Waals surface area (Å²) in [5.41, 5.74) is 2.89. The van der Waals surface area contributed by atoms with Crippen LogP contribution in [0, 0.1) is 5.92 Å². The van der Waals surface area contributed by atoms with Gasteiger partial charge in [0.05, 0.1) is 18.4 Å². The van der Waals surface area contributed by atoms with E-state index in [0.29, 0.717) is 11.4 Å². The highest BCUT2D eigenvalue weighted by Crippen LogP contribution is 2.43. The number of thiazole rings is 1. The summed E-state index contributed by atoms with van der Waals surface area (Å²) in [5.74, 6) is -0.290. The second-order valence-corrected chi connectivity index (χ2v) is 9.02. The van der Waals surface area contributed by atoms with Gasteiger partial charge in [-0.1, -0.05) is 13.8 Å². The number of carboxylic acid groups (broad SMARTS) is 1. The van der Waals surface area contributed by atoms with Crippen molar-refractivity contribution in [3.8, 4) is 27.6 Å². The summed E-state index contributed by atoms with van der Waals surface area (Å²) in [6.45, 7) is 4.20. The minimum Gasteiger partial charge on any atom is -0.496 e. The standard InChI is InChI=1S/C21H19BrN2O4S/c1-10(2)15-5-11-4-13(20-23-19(22)9-29-20)18(28-3)6-12(11)16-7-17(25)14(21(26)27)8-24(15)16/h4,6-10,15H,5H2,1-3H3,(H,26,27). The quantitative estimate of drug-likeness (QED) is 0.583. The molecular weight excluding hydrogens is 456 g/mol. The summed E-state index contributed by atoms with van der Waals surface area (Å²) in [4.78, 5) is 28.4. The van der Waals surface area contributed by atoms with Gasteiger partial charge < -0.3 is 14.4 Å². The number of fused-ring (bicyclic) bond motifs is 3. The van der Waals surface area contributed by atoms with Gasteiger partial charge in [-0.2, -0.15) is 0 Å². The Kier molecular flexibility index (Phi) is 5.08. The number of benzene rings is 1. The number of hydrogen-bond acceptors (Lipinski definition) is 5. The van der Waals surface area contributed by atoms with Gasteiger partial charge in [0.25, 0.3) is 0 Å². The van der Waals surface area contributed by atoms with E-state index < -0.39 is 11.4 Å². The average molecular weight is 475 g/mol. The molecule has 150 valence electrons. The Morgan fingerprint density at radius 2 is 2.10 bits per heavy atom. The van der Waals surface area contributed by atoms with Gasteiger partial charge in [-0.25, -0.2) is 9.78 Å². The SMILES string of the molecule is COc1cc2c(cc1-c1nc(Br)cs1)CC(C(C)C)n1cc(C(=O)O)c(=O)cc1-2. The van der Waals surface area contributed by atoms with E-state index in [1.54, 1.807) is 7.11 Å². The first-order valence-electron chi connectivity index (χ1n) is 9.12. The largest absolute Gasteiger partial charge is 0.496 e. The summed E-state index contributed by atoms with van der Waals surface area (Å²) in [6, 6.07) is 5.46. The van der Waals surface area contributed by atoms with E-state index in [0.717, 1.165) is 32.7 Å². The molecule has 4 rings (SSSR count). The number of rotatable bonds is 4. The number of nitrogens with zero attached hydrogens (tertiary/aromatic N) is 2. The maximum atomic E-state index is 12.4. The van der Waals surface area contributed by atoms with Crippen LogP contribution in [0.2, 0.25) is 0 Å². The Bertz CT molecular complexity index is 1180. The molecule has 1 aromatic carbocycles. The number of carbonyl (C=O) groups is 1. The van der Waals surface area contributed by atoms with Gasteiger partial charge in [0.1, 0.15) is 20.9 Å². The molecule has 0 aliphatic carbocycles. The molecular formula is C21H19BrN2O4S. The summed E-state index contributed by atoms with van der Waals surface area (Å²) in [5, 5.41) is 12.2. The maximum Gasteiger partial charge on any atom is 0.341 e. The molecule has 29 heavy (non-hydrogen) atoms. The van der Waals surface area contributed by atoms with Crippen LogP contribution in [0.25, 0.3) is 21.8 Å². The fourth-order valence-corrected chi connectivity index (χ4v) is 5.10. The van der Waals surface area contributed by atoms with Gasteiger partial charge in [0.2, 0.25) is 0 Å². The summed E-state index contributed by atoms with van der Waals surface area (Å²) < 4.78 is 8.33. The first kappa shape index (κ1) is 19.8. The highest BCUT2D eigenvalue weighted by Gasteiger charge is 2.29. The molecule has 0 amide bonds. The third-order valence-electron chi connectivity index (χ3n) is 5.27. The second kappa shape index (κ2) is 7.42. The fraction of sp³-hybridized carbons (Fsp3) is 0.286. The number of hydrogen-bond donors (Lipinski definition) is 1. The minimum absolute atomic E-state index is 0.0421. The normalized spacial score (nSPS) is 15.1. The second-order valence-electron chi connectivity index (χ2n) is 7.35. The zero-order valence-electron chi connectivity index (χ0n) is 16.1. The van der Waals surface area contributed by atoms with Crippen molar-refractivity contribution in [1.82, 2.24) is 9.55 Å².